The molecule has 4 rings (SSSR count). The minimum Gasteiger partial charge on any atom is -0.395 e. The molecule has 3 unspecified atom stereocenters. The van der Waals surface area contributed by atoms with Gasteiger partial charge in [-0.3, -0.25) is 14.4 Å². The van der Waals surface area contributed by atoms with E-state index in [0.29, 0.717) is 0 Å². The van der Waals surface area contributed by atoms with Crippen molar-refractivity contribution in [2.45, 2.75) is 43.2 Å². The maximum atomic E-state index is 13.6. The van der Waals surface area contributed by atoms with E-state index in [1.807, 2.05) is 32.0 Å². The molecule has 2 bridgehead atoms. The van der Waals surface area contributed by atoms with E-state index in [4.69, 9.17) is 0 Å². The van der Waals surface area contributed by atoms with Crippen molar-refractivity contribution in [2.75, 3.05) is 25.5 Å². The Labute approximate surface area is 181 Å². The molecule has 1 spiro atoms. The monoisotopic (exact) mass is 431 g/mol. The molecule has 162 valence electrons. The molecule has 8 heteroatoms. The Bertz CT molecular complexity index is 906. The molecule has 3 aliphatic heterocycles. The molecule has 30 heavy (non-hydrogen) atoms. The third-order valence-electron chi connectivity index (χ3n) is 7.03. The Morgan fingerprint density at radius 1 is 1.30 bits per heavy atom. The van der Waals surface area contributed by atoms with E-state index in [2.05, 4.69) is 17.6 Å². The quantitative estimate of drug-likeness (QED) is 0.653. The maximum Gasteiger partial charge on any atom is 0.248 e. The smallest absolute Gasteiger partial charge is 0.248 e. The lowest BCUT2D eigenvalue weighted by Gasteiger charge is -2.38. The summed E-state index contributed by atoms with van der Waals surface area (Å²) in [4.78, 5) is 41.3. The summed E-state index contributed by atoms with van der Waals surface area (Å²) in [5, 5.41) is 15.4. The maximum absolute atomic E-state index is 13.6. The van der Waals surface area contributed by atoms with E-state index in [-0.39, 0.29) is 42.0 Å². The minimum absolute atomic E-state index is 0.0289. The van der Waals surface area contributed by atoms with Gasteiger partial charge in [0.1, 0.15) is 6.04 Å². The highest BCUT2D eigenvalue weighted by Gasteiger charge is 2.75. The molecular formula is C22H29N3O4S. The number of β-amino-alcohol motifs (C(OH)–C–C–N with tert-alkyl or cyclic N) is 1. The highest BCUT2D eigenvalue weighted by Crippen LogP contribution is 2.68. The van der Waals surface area contributed by atoms with E-state index < -0.39 is 22.6 Å². The topological polar surface area (TPSA) is 98.7 Å². The highest BCUT2D eigenvalue weighted by atomic mass is 32.2. The molecule has 3 amide bonds. The minimum atomic E-state index is -0.721. The molecule has 3 N–H and O–H groups in total. The molecule has 0 aliphatic carbocycles. The van der Waals surface area contributed by atoms with Crippen molar-refractivity contribution in [3.63, 3.8) is 0 Å². The number of likely N-dealkylation sites (tertiary alicyclic amines) is 1. The van der Waals surface area contributed by atoms with Crippen LogP contribution < -0.4 is 10.6 Å². The van der Waals surface area contributed by atoms with Gasteiger partial charge >= 0.3 is 0 Å². The molecule has 3 heterocycles. The summed E-state index contributed by atoms with van der Waals surface area (Å²) in [6.45, 7) is 5.83. The number of hydrogen-bond donors (Lipinski definition) is 3. The van der Waals surface area contributed by atoms with Crippen LogP contribution in [-0.4, -0.2) is 64.0 Å². The number of aryl methyl sites for hydroxylation is 2. The van der Waals surface area contributed by atoms with Crippen LogP contribution in [0.15, 0.2) is 18.2 Å². The average molecular weight is 432 g/mol. The summed E-state index contributed by atoms with van der Waals surface area (Å²) in [7, 11) is 1.59. The van der Waals surface area contributed by atoms with Crippen molar-refractivity contribution < 1.29 is 19.5 Å². The van der Waals surface area contributed by atoms with Gasteiger partial charge in [0, 0.05) is 24.5 Å². The van der Waals surface area contributed by atoms with Gasteiger partial charge < -0.3 is 20.6 Å². The van der Waals surface area contributed by atoms with Crippen LogP contribution in [0, 0.1) is 31.6 Å². The molecule has 0 aromatic heterocycles. The van der Waals surface area contributed by atoms with E-state index >= 15 is 0 Å². The molecule has 0 saturated carbocycles. The Balaban J connectivity index is 1.75. The number of hydrogen-bond acceptors (Lipinski definition) is 5. The second kappa shape index (κ2) is 7.57. The summed E-state index contributed by atoms with van der Waals surface area (Å²) in [6, 6.07) is 5.14. The number of amides is 3. The third kappa shape index (κ3) is 2.87. The Hall–Kier alpha value is -2.06. The number of anilines is 1. The van der Waals surface area contributed by atoms with E-state index in [1.54, 1.807) is 18.8 Å². The molecular weight excluding hydrogens is 402 g/mol. The molecule has 7 nitrogen and oxygen atoms in total. The van der Waals surface area contributed by atoms with Crippen LogP contribution in [0.3, 0.4) is 0 Å². The Morgan fingerprint density at radius 2 is 2.03 bits per heavy atom. The van der Waals surface area contributed by atoms with Gasteiger partial charge in [0.15, 0.2) is 0 Å². The van der Waals surface area contributed by atoms with Crippen LogP contribution in [-0.2, 0) is 14.4 Å². The number of aliphatic hydroxyl groups is 1. The first-order chi connectivity index (χ1) is 14.3. The fourth-order valence-corrected chi connectivity index (χ4v) is 8.13. The summed E-state index contributed by atoms with van der Waals surface area (Å²) in [5.74, 6) is -1.45. The van der Waals surface area contributed by atoms with Crippen LogP contribution in [0.2, 0.25) is 0 Å². The lowest BCUT2D eigenvalue weighted by molar-refractivity contribution is -0.139. The molecule has 3 fully saturated rings. The van der Waals surface area contributed by atoms with E-state index in [1.165, 1.54) is 4.90 Å². The number of nitrogens with one attached hydrogen (secondary N) is 2. The van der Waals surface area contributed by atoms with E-state index in [0.717, 1.165) is 23.2 Å². The second-order valence-corrected chi connectivity index (χ2v) is 10.3. The number of rotatable bonds is 5. The van der Waals surface area contributed by atoms with Gasteiger partial charge in [0.2, 0.25) is 17.7 Å². The number of carbonyl (C=O) groups excluding carboxylic acids is 3. The molecule has 0 radical (unpaired) electrons. The van der Waals surface area contributed by atoms with Gasteiger partial charge in [-0.25, -0.2) is 0 Å². The predicted molar refractivity (Wildman–Crippen MR) is 116 cm³/mol. The van der Waals surface area contributed by atoms with Gasteiger partial charge in [-0.1, -0.05) is 19.1 Å². The number of thioether (sulfide) groups is 1. The molecule has 1 aromatic rings. The molecule has 6 atom stereocenters. The van der Waals surface area contributed by atoms with Crippen molar-refractivity contribution >= 4 is 35.2 Å². The number of aliphatic hydroxyl groups excluding tert-OH is 1. The lowest BCUT2D eigenvalue weighted by atomic mass is 9.66. The van der Waals surface area contributed by atoms with Crippen LogP contribution in [0.5, 0.6) is 0 Å². The zero-order valence-electron chi connectivity index (χ0n) is 17.8. The van der Waals surface area contributed by atoms with Gasteiger partial charge in [0.05, 0.1) is 23.2 Å². The van der Waals surface area contributed by atoms with Crippen molar-refractivity contribution in [2.24, 2.45) is 17.8 Å². The highest BCUT2D eigenvalue weighted by molar-refractivity contribution is 8.02. The van der Waals surface area contributed by atoms with Gasteiger partial charge in [-0.05, 0) is 43.4 Å². The normalized spacial score (nSPS) is 34.2. The lowest BCUT2D eigenvalue weighted by Crippen LogP contribution is -2.55. The molecule has 1 aromatic carbocycles. The first-order valence-corrected chi connectivity index (χ1v) is 11.3. The Morgan fingerprint density at radius 3 is 2.70 bits per heavy atom. The van der Waals surface area contributed by atoms with Crippen LogP contribution in [0.4, 0.5) is 5.69 Å². The summed E-state index contributed by atoms with van der Waals surface area (Å²) < 4.78 is -0.657. The van der Waals surface area contributed by atoms with Crippen molar-refractivity contribution in [1.29, 1.82) is 0 Å². The van der Waals surface area contributed by atoms with Crippen LogP contribution >= 0.6 is 11.8 Å². The fourth-order valence-electron chi connectivity index (χ4n) is 5.71. The second-order valence-electron chi connectivity index (χ2n) is 8.73. The number of fused-ring (bicyclic) bond motifs is 1. The van der Waals surface area contributed by atoms with Gasteiger partial charge in [-0.2, -0.15) is 0 Å². The van der Waals surface area contributed by atoms with Crippen LogP contribution in [0.25, 0.3) is 0 Å². The standard InChI is InChI=1S/C22H29N3O4S/c1-11-5-6-12(2)14(9-11)24-20(28)18-22-13(3)10-15(30-22)16(19(27)23-4)17(22)21(29)25(18)7-8-26/h5-6,9,13,15-18,26H,7-8,10H2,1-4H3,(H,23,27)(H,24,28)/t13?,15-,16+,17-,18?,22?/m0/s1. The fraction of sp³-hybridized carbons (Fsp3) is 0.591. The SMILES string of the molecule is CNC(=O)[C@@H]1[C@@H]2CC(C)C3(S2)C(C(=O)Nc2cc(C)ccc2C)N(CCO)C(=O)[C@H]13. The molecule has 3 saturated heterocycles. The van der Waals surface area contributed by atoms with Gasteiger partial charge in [-0.15, -0.1) is 11.8 Å². The largest absolute Gasteiger partial charge is 0.395 e. The summed E-state index contributed by atoms with van der Waals surface area (Å²) in [6.07, 6.45) is 0.798. The zero-order valence-corrected chi connectivity index (χ0v) is 18.6. The Kier molecular flexibility index (Phi) is 5.34. The summed E-state index contributed by atoms with van der Waals surface area (Å²) in [5.41, 5.74) is 2.70. The third-order valence-corrected chi connectivity index (χ3v) is 9.11. The molecule has 3 aliphatic rings. The van der Waals surface area contributed by atoms with Crippen LogP contribution in [0.1, 0.15) is 24.5 Å². The van der Waals surface area contributed by atoms with Crippen molar-refractivity contribution in [3.05, 3.63) is 29.3 Å². The van der Waals surface area contributed by atoms with E-state index in [9.17, 15) is 19.5 Å². The van der Waals surface area contributed by atoms with Gasteiger partial charge in [0.25, 0.3) is 0 Å². The van der Waals surface area contributed by atoms with Crippen molar-refractivity contribution in [3.8, 4) is 0 Å². The number of nitrogens with zero attached hydrogens (tertiary/aromatic N) is 1. The average Bonchev–Trinajstić information content (AvgIpc) is 3.29. The predicted octanol–water partition coefficient (Wildman–Crippen LogP) is 1.32. The number of carbonyl (C=O) groups is 3. The first-order valence-electron chi connectivity index (χ1n) is 10.4. The zero-order chi connectivity index (χ0) is 21.8. The first kappa shape index (κ1) is 21.2. The summed E-state index contributed by atoms with van der Waals surface area (Å²) >= 11 is 1.63. The number of benzene rings is 1. The van der Waals surface area contributed by atoms with Crippen molar-refractivity contribution in [1.82, 2.24) is 10.2 Å².